The average molecular weight is 831 g/mol. The summed E-state index contributed by atoms with van der Waals surface area (Å²) in [5.41, 5.74) is 2.47. The van der Waals surface area contributed by atoms with Gasteiger partial charge in [-0.05, 0) is 112 Å². The fourth-order valence-electron chi connectivity index (χ4n) is 8.65. The van der Waals surface area contributed by atoms with Crippen molar-refractivity contribution in [2.24, 2.45) is 11.8 Å². The Bertz CT molecular complexity index is 1210. The lowest BCUT2D eigenvalue weighted by Gasteiger charge is -2.38. The molecule has 0 radical (unpaired) electrons. The number of likely N-dealkylation sites (tertiary alicyclic amines) is 2. The van der Waals surface area contributed by atoms with E-state index in [1.165, 1.54) is 102 Å². The number of nitrogens with zero attached hydrogens (tertiary/aromatic N) is 2. The molecule has 0 N–H and O–H groups in total. The lowest BCUT2D eigenvalue weighted by atomic mass is 9.91. The van der Waals surface area contributed by atoms with Crippen LogP contribution in [0.15, 0.2) is 36.4 Å². The lowest BCUT2D eigenvalue weighted by molar-refractivity contribution is -0.0298. The standard InChI is InChI=1S/2C21H33NO3.4H2S/c2*1-16-10-12-22(15-16)18-6-4-5-7-19(18)25-13-11-17-8-9-20(23-2)21(14-17)24-3;;;;/h2*8-9,14,16,18-19H,4-7,10-13,15H2,1-3H3;4*1H2/t16-,18+,19+;16-,18-,19-;;;;/m00..../s1. The molecule has 2 saturated heterocycles. The van der Waals surface area contributed by atoms with Crippen molar-refractivity contribution in [1.29, 1.82) is 0 Å². The van der Waals surface area contributed by atoms with Crippen LogP contribution in [0.4, 0.5) is 0 Å². The van der Waals surface area contributed by atoms with Crippen LogP contribution in [0, 0.1) is 11.8 Å². The van der Waals surface area contributed by atoms with E-state index in [4.69, 9.17) is 28.4 Å². The number of methoxy groups -OCH3 is 4. The Morgan fingerprint density at radius 3 is 1.20 bits per heavy atom. The molecule has 2 aliphatic heterocycles. The van der Waals surface area contributed by atoms with Crippen LogP contribution in [0.25, 0.3) is 0 Å². The van der Waals surface area contributed by atoms with Crippen molar-refractivity contribution in [3.8, 4) is 23.0 Å². The highest BCUT2D eigenvalue weighted by atomic mass is 32.1. The Morgan fingerprint density at radius 2 is 0.870 bits per heavy atom. The molecule has 4 aliphatic rings. The van der Waals surface area contributed by atoms with Crippen LogP contribution in [0.5, 0.6) is 23.0 Å². The Morgan fingerprint density at radius 1 is 0.500 bits per heavy atom. The van der Waals surface area contributed by atoms with Gasteiger partial charge in [0.2, 0.25) is 0 Å². The van der Waals surface area contributed by atoms with Crippen molar-refractivity contribution < 1.29 is 28.4 Å². The third-order valence-electron chi connectivity index (χ3n) is 11.5. The zero-order valence-corrected chi connectivity index (χ0v) is 38.0. The summed E-state index contributed by atoms with van der Waals surface area (Å²) in [7, 11) is 6.70. The number of hydrogen-bond donors (Lipinski definition) is 0. The second kappa shape index (κ2) is 26.7. The van der Waals surface area contributed by atoms with Gasteiger partial charge in [-0.2, -0.15) is 54.0 Å². The first kappa shape index (κ1) is 50.9. The predicted molar refractivity (Wildman–Crippen MR) is 243 cm³/mol. The van der Waals surface area contributed by atoms with E-state index >= 15 is 0 Å². The minimum absolute atomic E-state index is 0. The van der Waals surface area contributed by atoms with Crippen molar-refractivity contribution in [2.45, 2.75) is 115 Å². The maximum absolute atomic E-state index is 6.36. The largest absolute Gasteiger partial charge is 0.493 e. The van der Waals surface area contributed by atoms with E-state index in [0.29, 0.717) is 24.3 Å². The van der Waals surface area contributed by atoms with Gasteiger partial charge < -0.3 is 28.4 Å². The third kappa shape index (κ3) is 14.7. The monoisotopic (exact) mass is 830 g/mol. The molecule has 2 aliphatic carbocycles. The molecule has 54 heavy (non-hydrogen) atoms. The third-order valence-corrected chi connectivity index (χ3v) is 11.5. The van der Waals surface area contributed by atoms with Gasteiger partial charge >= 0.3 is 0 Å². The SMILES string of the molecule is COc1ccc(CCO[C@@H]2CCCC[C@H]2N2CC[C@H](C)C2)cc1OC.COc1ccc(CCO[C@H]2CCCC[C@@H]2N2CC[C@H](C)C2)cc1OC.S.S.S.S. The van der Waals surface area contributed by atoms with E-state index in [2.05, 4.69) is 47.9 Å². The van der Waals surface area contributed by atoms with E-state index < -0.39 is 0 Å². The molecule has 6 atom stereocenters. The minimum atomic E-state index is 0. The summed E-state index contributed by atoms with van der Waals surface area (Å²) in [6, 6.07) is 13.5. The fourth-order valence-corrected chi connectivity index (χ4v) is 8.65. The van der Waals surface area contributed by atoms with Crippen molar-refractivity contribution >= 4 is 54.0 Å². The summed E-state index contributed by atoms with van der Waals surface area (Å²) in [6.07, 6.45) is 15.7. The fraction of sp³-hybridized carbons (Fsp3) is 0.714. The van der Waals surface area contributed by atoms with Crippen LogP contribution in [0.1, 0.15) is 89.2 Å². The number of hydrogen-bond acceptors (Lipinski definition) is 8. The van der Waals surface area contributed by atoms with Gasteiger partial charge in [0, 0.05) is 25.2 Å². The van der Waals surface area contributed by atoms with Gasteiger partial charge in [-0.1, -0.05) is 51.7 Å². The molecule has 2 saturated carbocycles. The molecular weight excluding hydrogens is 757 g/mol. The molecule has 4 fully saturated rings. The smallest absolute Gasteiger partial charge is 0.160 e. The first-order valence-corrected chi connectivity index (χ1v) is 19.6. The van der Waals surface area contributed by atoms with E-state index in [1.54, 1.807) is 28.4 Å². The number of ether oxygens (including phenoxy) is 6. The zero-order valence-electron chi connectivity index (χ0n) is 34.0. The second-order valence-electron chi connectivity index (χ2n) is 15.2. The van der Waals surface area contributed by atoms with Crippen LogP contribution >= 0.6 is 54.0 Å². The highest BCUT2D eigenvalue weighted by molar-refractivity contribution is 7.59. The Hall–Kier alpha value is -1.12. The van der Waals surface area contributed by atoms with Crippen LogP contribution in [0.2, 0.25) is 0 Å². The molecule has 0 bridgehead atoms. The maximum atomic E-state index is 6.36. The molecule has 8 nitrogen and oxygen atoms in total. The highest BCUT2D eigenvalue weighted by Gasteiger charge is 2.35. The van der Waals surface area contributed by atoms with Gasteiger partial charge in [0.1, 0.15) is 0 Å². The summed E-state index contributed by atoms with van der Waals surface area (Å²) in [5.74, 6) is 4.83. The van der Waals surface area contributed by atoms with Crippen molar-refractivity contribution in [3.63, 3.8) is 0 Å². The molecule has 0 aromatic heterocycles. The van der Waals surface area contributed by atoms with Gasteiger partial charge in [0.15, 0.2) is 23.0 Å². The maximum Gasteiger partial charge on any atom is 0.160 e. The molecule has 2 aromatic carbocycles. The zero-order chi connectivity index (χ0) is 35.3. The topological polar surface area (TPSA) is 61.9 Å². The first-order valence-electron chi connectivity index (χ1n) is 19.6. The van der Waals surface area contributed by atoms with Crippen LogP contribution in [0.3, 0.4) is 0 Å². The summed E-state index contributed by atoms with van der Waals surface area (Å²) < 4.78 is 34.1. The van der Waals surface area contributed by atoms with Gasteiger partial charge in [-0.25, -0.2) is 0 Å². The second-order valence-corrected chi connectivity index (χ2v) is 15.2. The number of benzene rings is 2. The Balaban J connectivity index is 0.000000503. The van der Waals surface area contributed by atoms with Crippen LogP contribution in [-0.2, 0) is 22.3 Å². The number of rotatable bonds is 14. The molecule has 6 rings (SSSR count). The molecule has 0 unspecified atom stereocenters. The predicted octanol–water partition coefficient (Wildman–Crippen LogP) is 8.28. The van der Waals surface area contributed by atoms with E-state index in [1.807, 2.05) is 12.1 Å². The van der Waals surface area contributed by atoms with Crippen molar-refractivity contribution in [1.82, 2.24) is 9.80 Å². The van der Waals surface area contributed by atoms with E-state index in [-0.39, 0.29) is 54.0 Å². The van der Waals surface area contributed by atoms with Crippen LogP contribution in [-0.4, -0.2) is 102 Å². The first-order chi connectivity index (χ1) is 24.4. The quantitative estimate of drug-likeness (QED) is 0.189. The molecule has 0 amide bonds. The molecule has 2 heterocycles. The molecule has 2 aromatic rings. The molecule has 0 spiro atoms. The Kier molecular flexibility index (Phi) is 25.2. The molecule has 12 heteroatoms. The molecular formula is C42H74N2O6S4. The van der Waals surface area contributed by atoms with E-state index in [9.17, 15) is 0 Å². The average Bonchev–Trinajstić information content (AvgIpc) is 3.79. The summed E-state index contributed by atoms with van der Waals surface area (Å²) in [4.78, 5) is 5.37. The van der Waals surface area contributed by atoms with Gasteiger partial charge in [0.25, 0.3) is 0 Å². The Labute approximate surface area is 355 Å². The van der Waals surface area contributed by atoms with Crippen molar-refractivity contribution in [3.05, 3.63) is 47.5 Å². The van der Waals surface area contributed by atoms with Crippen molar-refractivity contribution in [2.75, 3.05) is 67.8 Å². The van der Waals surface area contributed by atoms with Crippen LogP contribution < -0.4 is 18.9 Å². The lowest BCUT2D eigenvalue weighted by Crippen LogP contribution is -2.45. The summed E-state index contributed by atoms with van der Waals surface area (Å²) >= 11 is 0. The van der Waals surface area contributed by atoms with Gasteiger partial charge in [-0.3, -0.25) is 9.80 Å². The summed E-state index contributed by atoms with van der Waals surface area (Å²) in [5, 5.41) is 0. The minimum Gasteiger partial charge on any atom is -0.493 e. The highest BCUT2D eigenvalue weighted by Crippen LogP contribution is 2.33. The van der Waals surface area contributed by atoms with Gasteiger partial charge in [0.05, 0.1) is 53.9 Å². The summed E-state index contributed by atoms with van der Waals surface area (Å²) in [6.45, 7) is 11.3. The normalized spacial score (nSPS) is 25.4. The van der Waals surface area contributed by atoms with Gasteiger partial charge in [-0.15, -0.1) is 0 Å². The molecule has 312 valence electrons. The van der Waals surface area contributed by atoms with E-state index in [0.717, 1.165) is 60.9 Å².